The van der Waals surface area contributed by atoms with Gasteiger partial charge in [0, 0.05) is 12.6 Å². The molecule has 0 bridgehead atoms. The summed E-state index contributed by atoms with van der Waals surface area (Å²) in [6.07, 6.45) is 6.43. The maximum Gasteiger partial charge on any atom is 0.131 e. The van der Waals surface area contributed by atoms with Crippen LogP contribution in [0.15, 0.2) is 18.3 Å². The highest BCUT2D eigenvalue weighted by molar-refractivity contribution is 5.16. The number of hydrogen-bond donors (Lipinski definition) is 0. The molecule has 0 aromatic carbocycles. The largest absolute Gasteiger partial charge is 0.258 e. The van der Waals surface area contributed by atoms with Gasteiger partial charge in [-0.1, -0.05) is 25.3 Å². The van der Waals surface area contributed by atoms with Crippen molar-refractivity contribution in [3.63, 3.8) is 0 Å². The third kappa shape index (κ3) is 2.77. The van der Waals surface area contributed by atoms with E-state index in [1.807, 2.05) is 0 Å². The lowest BCUT2D eigenvalue weighted by atomic mass is 9.82. The summed E-state index contributed by atoms with van der Waals surface area (Å²) >= 11 is 0. The molecule has 2 rings (SSSR count). The third-order valence-electron chi connectivity index (χ3n) is 3.29. The van der Waals surface area contributed by atoms with Crippen molar-refractivity contribution in [2.45, 2.75) is 50.9 Å². The minimum atomic E-state index is -1.06. The summed E-state index contributed by atoms with van der Waals surface area (Å²) in [5.74, 6) is 0. The molecule has 0 N–H and O–H groups in total. The smallest absolute Gasteiger partial charge is 0.131 e. The van der Waals surface area contributed by atoms with E-state index in [2.05, 4.69) is 4.98 Å². The van der Waals surface area contributed by atoms with Crippen LogP contribution >= 0.6 is 0 Å². The lowest BCUT2D eigenvalue weighted by molar-refractivity contribution is 0.107. The van der Waals surface area contributed by atoms with Crippen molar-refractivity contribution in [1.29, 1.82) is 0 Å². The van der Waals surface area contributed by atoms with Gasteiger partial charge < -0.3 is 0 Å². The molecule has 3 heteroatoms. The number of pyridine rings is 1. The first kappa shape index (κ1) is 11.5. The Bertz CT molecular complexity index is 328. The molecule has 0 amide bonds. The van der Waals surface area contributed by atoms with E-state index < -0.39 is 12.3 Å². The van der Waals surface area contributed by atoms with E-state index in [0.29, 0.717) is 25.0 Å². The number of hydrogen-bond acceptors (Lipinski definition) is 1. The molecule has 88 valence electrons. The van der Waals surface area contributed by atoms with Crippen molar-refractivity contribution in [1.82, 2.24) is 4.98 Å². The fourth-order valence-electron chi connectivity index (χ4n) is 2.37. The molecule has 1 fully saturated rings. The summed E-state index contributed by atoms with van der Waals surface area (Å²) in [6.45, 7) is -0.555. The number of halogens is 2. The Morgan fingerprint density at radius 2 is 1.94 bits per heavy atom. The van der Waals surface area contributed by atoms with Crippen LogP contribution in [0.3, 0.4) is 0 Å². The summed E-state index contributed by atoms with van der Waals surface area (Å²) < 4.78 is 26.6. The SMILES string of the molecule is FCc1ccc(CC2(F)CCCCC2)cn1. The summed E-state index contributed by atoms with van der Waals surface area (Å²) in [7, 11) is 0. The van der Waals surface area contributed by atoms with Gasteiger partial charge in [0.25, 0.3) is 0 Å². The molecule has 16 heavy (non-hydrogen) atoms. The molecule has 1 saturated carbocycles. The van der Waals surface area contributed by atoms with Crippen molar-refractivity contribution in [3.05, 3.63) is 29.6 Å². The summed E-state index contributed by atoms with van der Waals surface area (Å²) in [5.41, 5.74) is 0.235. The highest BCUT2D eigenvalue weighted by atomic mass is 19.1. The molecule has 0 saturated heterocycles. The van der Waals surface area contributed by atoms with Crippen LogP contribution in [0.4, 0.5) is 8.78 Å². The first-order valence-corrected chi connectivity index (χ1v) is 5.91. The Kier molecular flexibility index (Phi) is 3.52. The summed E-state index contributed by atoms with van der Waals surface area (Å²) in [6, 6.07) is 3.43. The van der Waals surface area contributed by atoms with E-state index in [0.717, 1.165) is 24.8 Å². The molecule has 0 aliphatic heterocycles. The van der Waals surface area contributed by atoms with Crippen molar-refractivity contribution in [2.24, 2.45) is 0 Å². The predicted molar refractivity (Wildman–Crippen MR) is 59.7 cm³/mol. The lowest BCUT2D eigenvalue weighted by Gasteiger charge is -2.29. The standard InChI is InChI=1S/C13H17F2N/c14-9-12-5-4-11(10-16-12)8-13(15)6-2-1-3-7-13/h4-5,10H,1-3,6-9H2. The number of nitrogens with zero attached hydrogens (tertiary/aromatic N) is 1. The summed E-state index contributed by atoms with van der Waals surface area (Å²) in [4.78, 5) is 3.95. The van der Waals surface area contributed by atoms with Gasteiger partial charge in [0.05, 0.1) is 5.69 Å². The Morgan fingerprint density at radius 1 is 1.19 bits per heavy atom. The molecule has 0 atom stereocenters. The van der Waals surface area contributed by atoms with Crippen LogP contribution in [0.25, 0.3) is 0 Å². The van der Waals surface area contributed by atoms with E-state index in [4.69, 9.17) is 0 Å². The van der Waals surface area contributed by atoms with Gasteiger partial charge in [0.1, 0.15) is 12.3 Å². The lowest BCUT2D eigenvalue weighted by Crippen LogP contribution is -2.28. The topological polar surface area (TPSA) is 12.9 Å². The van der Waals surface area contributed by atoms with Gasteiger partial charge in [-0.2, -0.15) is 0 Å². The maximum absolute atomic E-state index is 14.3. The third-order valence-corrected chi connectivity index (χ3v) is 3.29. The number of aromatic nitrogens is 1. The van der Waals surface area contributed by atoms with Crippen molar-refractivity contribution < 1.29 is 8.78 Å². The van der Waals surface area contributed by atoms with Crippen LogP contribution in [-0.2, 0) is 13.1 Å². The summed E-state index contributed by atoms with van der Waals surface area (Å²) in [5, 5.41) is 0. The molecule has 1 heterocycles. The second-order valence-electron chi connectivity index (χ2n) is 4.68. The van der Waals surface area contributed by atoms with E-state index in [-0.39, 0.29) is 0 Å². The van der Waals surface area contributed by atoms with Crippen molar-refractivity contribution >= 4 is 0 Å². The van der Waals surface area contributed by atoms with E-state index in [1.165, 1.54) is 0 Å². The minimum absolute atomic E-state index is 0.417. The Balaban J connectivity index is 2.01. The van der Waals surface area contributed by atoms with Gasteiger partial charge in [0.2, 0.25) is 0 Å². The van der Waals surface area contributed by atoms with Gasteiger partial charge in [0.15, 0.2) is 0 Å². The molecule has 0 unspecified atom stereocenters. The van der Waals surface area contributed by atoms with Crippen LogP contribution in [0.2, 0.25) is 0 Å². The van der Waals surface area contributed by atoms with Crippen LogP contribution in [0.1, 0.15) is 43.4 Å². The predicted octanol–water partition coefficient (Wildman–Crippen LogP) is 3.77. The molecule has 1 aromatic rings. The van der Waals surface area contributed by atoms with Crippen LogP contribution in [0, 0.1) is 0 Å². The van der Waals surface area contributed by atoms with Gasteiger partial charge in [-0.05, 0) is 24.5 Å². The van der Waals surface area contributed by atoms with E-state index in [1.54, 1.807) is 18.3 Å². The molecule has 0 spiro atoms. The van der Waals surface area contributed by atoms with Gasteiger partial charge in [-0.25, -0.2) is 8.78 Å². The van der Waals surface area contributed by atoms with E-state index >= 15 is 0 Å². The molecule has 1 aromatic heterocycles. The average Bonchev–Trinajstić information content (AvgIpc) is 2.30. The molecule has 0 radical (unpaired) electrons. The molecular weight excluding hydrogens is 208 g/mol. The highest BCUT2D eigenvalue weighted by Crippen LogP contribution is 2.34. The maximum atomic E-state index is 14.3. The Labute approximate surface area is 94.9 Å². The fraction of sp³-hybridized carbons (Fsp3) is 0.615. The van der Waals surface area contributed by atoms with Crippen LogP contribution in [-0.4, -0.2) is 10.7 Å². The van der Waals surface area contributed by atoms with Crippen molar-refractivity contribution in [3.8, 4) is 0 Å². The quantitative estimate of drug-likeness (QED) is 0.763. The minimum Gasteiger partial charge on any atom is -0.258 e. The molecule has 1 aliphatic rings. The zero-order valence-electron chi connectivity index (χ0n) is 9.38. The second-order valence-corrected chi connectivity index (χ2v) is 4.68. The van der Waals surface area contributed by atoms with Gasteiger partial charge in [-0.15, -0.1) is 0 Å². The normalized spacial score (nSPS) is 19.6. The average molecular weight is 225 g/mol. The van der Waals surface area contributed by atoms with Gasteiger partial charge >= 0.3 is 0 Å². The zero-order chi connectivity index (χ0) is 11.4. The monoisotopic (exact) mass is 225 g/mol. The first-order valence-electron chi connectivity index (χ1n) is 5.91. The van der Waals surface area contributed by atoms with Crippen molar-refractivity contribution in [2.75, 3.05) is 0 Å². The van der Waals surface area contributed by atoms with Crippen LogP contribution < -0.4 is 0 Å². The van der Waals surface area contributed by atoms with Crippen LogP contribution in [0.5, 0.6) is 0 Å². The molecular formula is C13H17F2N. The molecule has 1 nitrogen and oxygen atoms in total. The Hall–Kier alpha value is -0.990. The van der Waals surface area contributed by atoms with E-state index in [9.17, 15) is 8.78 Å². The zero-order valence-corrected chi connectivity index (χ0v) is 9.38. The number of rotatable bonds is 3. The van der Waals surface area contributed by atoms with Gasteiger partial charge in [-0.3, -0.25) is 4.98 Å². The highest BCUT2D eigenvalue weighted by Gasteiger charge is 2.31. The Morgan fingerprint density at radius 3 is 2.50 bits per heavy atom. The number of alkyl halides is 2. The fourth-order valence-corrected chi connectivity index (χ4v) is 2.37. The first-order chi connectivity index (χ1) is 7.72. The second kappa shape index (κ2) is 4.89. The molecule has 1 aliphatic carbocycles.